The molecule has 1 aliphatic heterocycles. The number of methoxy groups -OCH3 is 2. The number of hydrogen-bond donors (Lipinski definition) is 2. The first-order valence-corrected chi connectivity index (χ1v) is 13.1. The molecule has 1 saturated heterocycles. The molecule has 2 aromatic carbocycles. The number of nitrogens with zero attached hydrogens (tertiary/aromatic N) is 2. The minimum absolute atomic E-state index is 0.678. The lowest BCUT2D eigenvalue weighted by Gasteiger charge is -2.29. The molecule has 0 radical (unpaired) electrons. The molecule has 36 heavy (non-hydrogen) atoms. The Morgan fingerprint density at radius 3 is 2.33 bits per heavy atom. The highest BCUT2D eigenvalue weighted by molar-refractivity contribution is 5.95. The van der Waals surface area contributed by atoms with Crippen LogP contribution < -0.4 is 25.0 Å². The molecule has 1 aliphatic carbocycles. The van der Waals surface area contributed by atoms with Crippen LogP contribution in [0, 0.1) is 11.8 Å². The van der Waals surface area contributed by atoms with Gasteiger partial charge in [0.2, 0.25) is 0 Å². The molecule has 3 aromatic rings. The molecule has 192 valence electrons. The molecule has 5 rings (SSSR count). The van der Waals surface area contributed by atoms with Crippen LogP contribution in [-0.4, -0.2) is 52.1 Å². The van der Waals surface area contributed by atoms with Crippen LogP contribution in [0.4, 0.5) is 22.9 Å². The minimum atomic E-state index is 0.678. The summed E-state index contributed by atoms with van der Waals surface area (Å²) in [6.07, 6.45) is 5.22. The van der Waals surface area contributed by atoms with Gasteiger partial charge >= 0.3 is 0 Å². The van der Waals surface area contributed by atoms with Gasteiger partial charge in [-0.05, 0) is 55.0 Å². The van der Waals surface area contributed by atoms with Crippen molar-refractivity contribution in [2.45, 2.75) is 32.6 Å². The maximum absolute atomic E-state index is 5.58. The number of anilines is 4. The zero-order valence-corrected chi connectivity index (χ0v) is 21.7. The monoisotopic (exact) mass is 490 g/mol. The number of pyridine rings is 1. The van der Waals surface area contributed by atoms with Crippen LogP contribution in [0.5, 0.6) is 11.5 Å². The van der Waals surface area contributed by atoms with Gasteiger partial charge in [-0.1, -0.05) is 19.8 Å². The lowest BCUT2D eigenvalue weighted by molar-refractivity contribution is 0.122. The van der Waals surface area contributed by atoms with E-state index < -0.39 is 0 Å². The summed E-state index contributed by atoms with van der Waals surface area (Å²) in [4.78, 5) is 7.27. The van der Waals surface area contributed by atoms with Crippen LogP contribution in [0.2, 0.25) is 0 Å². The van der Waals surface area contributed by atoms with Crippen molar-refractivity contribution >= 4 is 33.8 Å². The van der Waals surface area contributed by atoms with Gasteiger partial charge in [0.1, 0.15) is 5.82 Å². The average Bonchev–Trinajstić information content (AvgIpc) is 2.92. The average molecular weight is 491 g/mol. The first-order valence-electron chi connectivity index (χ1n) is 13.1. The predicted molar refractivity (Wildman–Crippen MR) is 147 cm³/mol. The number of ether oxygens (including phenoxy) is 3. The van der Waals surface area contributed by atoms with Crippen molar-refractivity contribution in [2.24, 2.45) is 11.8 Å². The minimum Gasteiger partial charge on any atom is -0.493 e. The summed E-state index contributed by atoms with van der Waals surface area (Å²) in [5.74, 6) is 3.74. The number of hydrogen-bond acceptors (Lipinski definition) is 7. The molecule has 2 fully saturated rings. The Kier molecular flexibility index (Phi) is 7.66. The molecular weight excluding hydrogens is 452 g/mol. The Balaban J connectivity index is 1.40. The van der Waals surface area contributed by atoms with Gasteiger partial charge in [0.15, 0.2) is 11.5 Å². The van der Waals surface area contributed by atoms with Gasteiger partial charge in [-0.3, -0.25) is 0 Å². The number of morpholine rings is 1. The molecule has 7 heteroatoms. The van der Waals surface area contributed by atoms with Crippen LogP contribution in [-0.2, 0) is 4.74 Å². The first kappa shape index (κ1) is 24.5. The summed E-state index contributed by atoms with van der Waals surface area (Å²) in [5.41, 5.74) is 4.15. The molecule has 7 nitrogen and oxygen atoms in total. The normalized spacial score (nSPS) is 20.2. The number of fused-ring (bicyclic) bond motifs is 1. The maximum atomic E-state index is 5.58. The third-order valence-electron chi connectivity index (χ3n) is 7.55. The summed E-state index contributed by atoms with van der Waals surface area (Å²) in [5, 5.41) is 8.29. The SMILES string of the molecule is COc1cc2nc(Nc3ccc(N4CCOCC4)cc3)cc(NCC3CCC(C)CC3)c2cc1OC. The van der Waals surface area contributed by atoms with E-state index in [1.807, 2.05) is 12.1 Å². The number of rotatable bonds is 8. The van der Waals surface area contributed by atoms with Crippen LogP contribution in [0.1, 0.15) is 32.6 Å². The standard InChI is InChI=1S/C29H38N4O3/c1-20-4-6-21(7-5-20)19-30-25-18-29(32-26-17-28(35-3)27(34-2)16-24(25)26)31-22-8-10-23(11-9-22)33-12-14-36-15-13-33/h8-11,16-18,20-21H,4-7,12-15,19H2,1-3H3,(H2,30,31,32). The highest BCUT2D eigenvalue weighted by Gasteiger charge is 2.19. The zero-order chi connectivity index (χ0) is 24.9. The van der Waals surface area contributed by atoms with Crippen molar-refractivity contribution in [3.8, 4) is 11.5 Å². The molecule has 1 saturated carbocycles. The zero-order valence-electron chi connectivity index (χ0n) is 21.7. The number of nitrogens with one attached hydrogen (secondary N) is 2. The van der Waals surface area contributed by atoms with E-state index in [1.54, 1.807) is 14.2 Å². The highest BCUT2D eigenvalue weighted by Crippen LogP contribution is 2.37. The Morgan fingerprint density at radius 2 is 1.64 bits per heavy atom. The second kappa shape index (κ2) is 11.2. The predicted octanol–water partition coefficient (Wildman–Crippen LogP) is 6.07. The Labute approximate surface area is 214 Å². The lowest BCUT2D eigenvalue weighted by Crippen LogP contribution is -2.36. The second-order valence-electron chi connectivity index (χ2n) is 10.1. The highest BCUT2D eigenvalue weighted by atomic mass is 16.5. The van der Waals surface area contributed by atoms with Gasteiger partial charge < -0.3 is 29.7 Å². The second-order valence-corrected chi connectivity index (χ2v) is 10.1. The van der Waals surface area contributed by atoms with E-state index >= 15 is 0 Å². The summed E-state index contributed by atoms with van der Waals surface area (Å²) >= 11 is 0. The van der Waals surface area contributed by atoms with Crippen molar-refractivity contribution in [3.63, 3.8) is 0 Å². The van der Waals surface area contributed by atoms with E-state index in [0.717, 1.165) is 66.9 Å². The summed E-state index contributed by atoms with van der Waals surface area (Å²) in [6.45, 7) is 6.76. The molecule has 0 unspecified atom stereocenters. The van der Waals surface area contributed by atoms with E-state index in [9.17, 15) is 0 Å². The van der Waals surface area contributed by atoms with E-state index in [1.165, 1.54) is 31.4 Å². The van der Waals surface area contributed by atoms with Gasteiger partial charge in [0.25, 0.3) is 0 Å². The number of aromatic nitrogens is 1. The third-order valence-corrected chi connectivity index (χ3v) is 7.55. The topological polar surface area (TPSA) is 67.9 Å². The summed E-state index contributed by atoms with van der Waals surface area (Å²) < 4.78 is 16.6. The van der Waals surface area contributed by atoms with Gasteiger partial charge in [-0.15, -0.1) is 0 Å². The maximum Gasteiger partial charge on any atom is 0.162 e. The number of benzene rings is 2. The summed E-state index contributed by atoms with van der Waals surface area (Å²) in [7, 11) is 3.33. The molecular formula is C29H38N4O3. The fraction of sp³-hybridized carbons (Fsp3) is 0.483. The van der Waals surface area contributed by atoms with Crippen LogP contribution in [0.15, 0.2) is 42.5 Å². The van der Waals surface area contributed by atoms with E-state index in [0.29, 0.717) is 17.4 Å². The van der Waals surface area contributed by atoms with Crippen LogP contribution in [0.3, 0.4) is 0 Å². The fourth-order valence-corrected chi connectivity index (χ4v) is 5.28. The van der Waals surface area contributed by atoms with E-state index in [-0.39, 0.29) is 0 Å². The van der Waals surface area contributed by atoms with E-state index in [4.69, 9.17) is 19.2 Å². The molecule has 0 bridgehead atoms. The van der Waals surface area contributed by atoms with Gasteiger partial charge in [0, 0.05) is 54.2 Å². The summed E-state index contributed by atoms with van der Waals surface area (Å²) in [6, 6.07) is 14.6. The molecule has 1 aromatic heterocycles. The third kappa shape index (κ3) is 5.62. The van der Waals surface area contributed by atoms with Crippen LogP contribution >= 0.6 is 0 Å². The largest absolute Gasteiger partial charge is 0.493 e. The van der Waals surface area contributed by atoms with Crippen molar-refractivity contribution in [1.82, 2.24) is 4.98 Å². The Bertz CT molecular complexity index is 1150. The lowest BCUT2D eigenvalue weighted by atomic mass is 9.83. The Hall–Kier alpha value is -3.19. The smallest absolute Gasteiger partial charge is 0.162 e. The van der Waals surface area contributed by atoms with E-state index in [2.05, 4.69) is 52.8 Å². The van der Waals surface area contributed by atoms with Crippen LogP contribution in [0.25, 0.3) is 10.9 Å². The molecule has 2 heterocycles. The molecule has 0 amide bonds. The Morgan fingerprint density at radius 1 is 0.944 bits per heavy atom. The van der Waals surface area contributed by atoms with Crippen molar-refractivity contribution in [1.29, 1.82) is 0 Å². The molecule has 0 spiro atoms. The fourth-order valence-electron chi connectivity index (χ4n) is 5.28. The van der Waals surface area contributed by atoms with Crippen molar-refractivity contribution < 1.29 is 14.2 Å². The van der Waals surface area contributed by atoms with Gasteiger partial charge in [-0.25, -0.2) is 4.98 Å². The van der Waals surface area contributed by atoms with Crippen molar-refractivity contribution in [3.05, 3.63) is 42.5 Å². The quantitative estimate of drug-likeness (QED) is 0.397. The molecule has 0 atom stereocenters. The van der Waals surface area contributed by atoms with Gasteiger partial charge in [-0.2, -0.15) is 0 Å². The van der Waals surface area contributed by atoms with Crippen molar-refractivity contribution in [2.75, 3.05) is 62.6 Å². The molecule has 2 N–H and O–H groups in total. The molecule has 2 aliphatic rings. The van der Waals surface area contributed by atoms with Gasteiger partial charge in [0.05, 0.1) is 33.0 Å². The first-order chi connectivity index (χ1) is 17.6.